The van der Waals surface area contributed by atoms with Crippen LogP contribution in [0.1, 0.15) is 0 Å². The Morgan fingerprint density at radius 3 is 2.05 bits per heavy atom. The standard InChI is InChI=1S/C11H8ClFN2O4S2/c12-10-2-1-3-11(14-10)15-21(18,19)9-6-4-8(5-7-9)20(13,16)17/h1-7H,(H,14,15). The van der Waals surface area contributed by atoms with Gasteiger partial charge in [-0.3, -0.25) is 4.72 Å². The molecule has 0 radical (unpaired) electrons. The number of halogens is 2. The van der Waals surface area contributed by atoms with E-state index in [0.717, 1.165) is 24.3 Å². The van der Waals surface area contributed by atoms with Gasteiger partial charge in [-0.25, -0.2) is 13.4 Å². The highest BCUT2D eigenvalue weighted by molar-refractivity contribution is 7.92. The summed E-state index contributed by atoms with van der Waals surface area (Å²) in [4.78, 5) is 2.90. The van der Waals surface area contributed by atoms with Gasteiger partial charge >= 0.3 is 10.2 Å². The van der Waals surface area contributed by atoms with E-state index in [9.17, 15) is 20.7 Å². The Morgan fingerprint density at radius 1 is 0.952 bits per heavy atom. The van der Waals surface area contributed by atoms with E-state index in [-0.39, 0.29) is 15.9 Å². The van der Waals surface area contributed by atoms with E-state index in [2.05, 4.69) is 9.71 Å². The molecule has 0 amide bonds. The van der Waals surface area contributed by atoms with Crippen molar-refractivity contribution >= 4 is 37.7 Å². The molecule has 0 aliphatic rings. The minimum absolute atomic E-state index is 0.00434. The fourth-order valence-electron chi connectivity index (χ4n) is 1.44. The number of nitrogens with zero attached hydrogens (tertiary/aromatic N) is 1. The molecule has 2 rings (SSSR count). The minimum Gasteiger partial charge on any atom is -0.263 e. The van der Waals surface area contributed by atoms with E-state index >= 15 is 0 Å². The van der Waals surface area contributed by atoms with Crippen molar-refractivity contribution in [1.29, 1.82) is 0 Å². The fraction of sp³-hybridized carbons (Fsp3) is 0. The third-order valence-electron chi connectivity index (χ3n) is 2.37. The second-order valence-corrected chi connectivity index (χ2v) is 7.28. The summed E-state index contributed by atoms with van der Waals surface area (Å²) in [5.74, 6) is 0.00434. The summed E-state index contributed by atoms with van der Waals surface area (Å²) in [5, 5.41) is 0.106. The lowest BCUT2D eigenvalue weighted by molar-refractivity contribution is 0.551. The van der Waals surface area contributed by atoms with E-state index in [1.165, 1.54) is 18.2 Å². The predicted octanol–water partition coefficient (Wildman–Crippen LogP) is 2.19. The number of hydrogen-bond donors (Lipinski definition) is 1. The first kappa shape index (κ1) is 15.7. The maximum atomic E-state index is 12.7. The monoisotopic (exact) mass is 350 g/mol. The predicted molar refractivity (Wildman–Crippen MR) is 74.8 cm³/mol. The van der Waals surface area contributed by atoms with Gasteiger partial charge in [0, 0.05) is 0 Å². The fourth-order valence-corrected chi connectivity index (χ4v) is 3.07. The van der Waals surface area contributed by atoms with Crippen LogP contribution in [0, 0.1) is 0 Å². The number of sulfonamides is 1. The van der Waals surface area contributed by atoms with E-state index in [1.807, 2.05) is 0 Å². The summed E-state index contributed by atoms with van der Waals surface area (Å²) in [5.41, 5.74) is 0. The lowest BCUT2D eigenvalue weighted by Gasteiger charge is -2.07. The molecule has 10 heteroatoms. The molecule has 0 saturated carbocycles. The van der Waals surface area contributed by atoms with Crippen molar-refractivity contribution in [3.05, 3.63) is 47.6 Å². The molecular weight excluding hydrogens is 343 g/mol. The Kier molecular flexibility index (Phi) is 4.17. The first-order valence-corrected chi connectivity index (χ1v) is 8.63. The van der Waals surface area contributed by atoms with Gasteiger partial charge in [-0.2, -0.15) is 8.42 Å². The summed E-state index contributed by atoms with van der Waals surface area (Å²) in [6.45, 7) is 0. The van der Waals surface area contributed by atoms with E-state index in [4.69, 9.17) is 11.6 Å². The molecule has 1 aromatic heterocycles. The first-order chi connectivity index (χ1) is 9.68. The van der Waals surface area contributed by atoms with Crippen molar-refractivity contribution in [3.8, 4) is 0 Å². The summed E-state index contributed by atoms with van der Waals surface area (Å²) in [6.07, 6.45) is 0. The first-order valence-electron chi connectivity index (χ1n) is 5.38. The van der Waals surface area contributed by atoms with E-state index in [0.29, 0.717) is 0 Å². The molecule has 0 atom stereocenters. The molecule has 0 spiro atoms. The summed E-state index contributed by atoms with van der Waals surface area (Å²) in [6, 6.07) is 8.03. The van der Waals surface area contributed by atoms with Crippen molar-refractivity contribution in [1.82, 2.24) is 4.98 Å². The molecule has 0 aliphatic heterocycles. The molecule has 2 aromatic rings. The molecule has 0 unspecified atom stereocenters. The zero-order valence-electron chi connectivity index (χ0n) is 10.2. The number of benzene rings is 1. The van der Waals surface area contributed by atoms with Crippen LogP contribution in [-0.4, -0.2) is 21.8 Å². The lowest BCUT2D eigenvalue weighted by Crippen LogP contribution is -2.14. The van der Waals surface area contributed by atoms with Crippen molar-refractivity contribution in [2.24, 2.45) is 0 Å². The minimum atomic E-state index is -4.87. The topological polar surface area (TPSA) is 93.2 Å². The van der Waals surface area contributed by atoms with Gasteiger partial charge in [0.2, 0.25) is 0 Å². The van der Waals surface area contributed by atoms with Crippen LogP contribution in [0.3, 0.4) is 0 Å². The molecule has 1 N–H and O–H groups in total. The van der Waals surface area contributed by atoms with Crippen LogP contribution in [0.15, 0.2) is 52.3 Å². The van der Waals surface area contributed by atoms with Gasteiger partial charge in [0.15, 0.2) is 0 Å². The summed E-state index contributed by atoms with van der Waals surface area (Å²) in [7, 11) is -8.86. The highest BCUT2D eigenvalue weighted by Gasteiger charge is 2.17. The summed E-state index contributed by atoms with van der Waals surface area (Å²) < 4.78 is 60.3. The van der Waals surface area contributed by atoms with E-state index < -0.39 is 25.1 Å². The molecular formula is C11H8ClFN2O4S2. The molecule has 0 aliphatic carbocycles. The molecule has 1 heterocycles. The van der Waals surface area contributed by atoms with Crippen LogP contribution in [0.4, 0.5) is 9.70 Å². The molecule has 1 aromatic carbocycles. The number of nitrogens with one attached hydrogen (secondary N) is 1. The third-order valence-corrected chi connectivity index (χ3v) is 4.79. The largest absolute Gasteiger partial charge is 0.332 e. The summed E-state index contributed by atoms with van der Waals surface area (Å²) >= 11 is 5.64. The van der Waals surface area contributed by atoms with Crippen molar-refractivity contribution in [3.63, 3.8) is 0 Å². The SMILES string of the molecule is O=S(=O)(F)c1ccc(S(=O)(=O)Nc2cccc(Cl)n2)cc1. The molecule has 21 heavy (non-hydrogen) atoms. The van der Waals surface area contributed by atoms with Crippen LogP contribution < -0.4 is 4.72 Å². The number of hydrogen-bond acceptors (Lipinski definition) is 5. The van der Waals surface area contributed by atoms with Gasteiger partial charge in [0.1, 0.15) is 11.0 Å². The number of pyridine rings is 1. The molecule has 6 nitrogen and oxygen atoms in total. The Morgan fingerprint density at radius 2 is 1.52 bits per heavy atom. The van der Waals surface area contributed by atoms with Crippen LogP contribution in [0.5, 0.6) is 0 Å². The van der Waals surface area contributed by atoms with Crippen LogP contribution in [0.2, 0.25) is 5.15 Å². The van der Waals surface area contributed by atoms with Crippen molar-refractivity contribution < 1.29 is 20.7 Å². The van der Waals surface area contributed by atoms with Gasteiger partial charge in [-0.15, -0.1) is 3.89 Å². The Labute approximate surface area is 125 Å². The normalized spacial score (nSPS) is 12.1. The quantitative estimate of drug-likeness (QED) is 0.674. The van der Waals surface area contributed by atoms with Gasteiger partial charge in [-0.1, -0.05) is 17.7 Å². The van der Waals surface area contributed by atoms with Gasteiger partial charge in [0.05, 0.1) is 9.79 Å². The smallest absolute Gasteiger partial charge is 0.263 e. The second-order valence-electron chi connectivity index (χ2n) is 3.86. The van der Waals surface area contributed by atoms with Crippen LogP contribution >= 0.6 is 11.6 Å². The maximum Gasteiger partial charge on any atom is 0.332 e. The van der Waals surface area contributed by atoms with Gasteiger partial charge in [-0.05, 0) is 36.4 Å². The van der Waals surface area contributed by atoms with Gasteiger partial charge in [0.25, 0.3) is 10.0 Å². The Hall–Kier alpha value is -1.71. The maximum absolute atomic E-state index is 12.7. The number of aromatic nitrogens is 1. The molecule has 112 valence electrons. The van der Waals surface area contributed by atoms with Crippen LogP contribution in [-0.2, 0) is 20.2 Å². The highest BCUT2D eigenvalue weighted by Crippen LogP contribution is 2.19. The van der Waals surface area contributed by atoms with E-state index in [1.54, 1.807) is 0 Å². The Balaban J connectivity index is 2.32. The zero-order chi connectivity index (χ0) is 15.7. The average Bonchev–Trinajstić information content (AvgIpc) is 2.37. The number of rotatable bonds is 4. The molecule has 0 saturated heterocycles. The number of anilines is 1. The molecule has 0 fully saturated rings. The average molecular weight is 351 g/mol. The zero-order valence-corrected chi connectivity index (χ0v) is 12.6. The van der Waals surface area contributed by atoms with Crippen LogP contribution in [0.25, 0.3) is 0 Å². The second kappa shape index (κ2) is 5.58. The lowest BCUT2D eigenvalue weighted by atomic mass is 10.4. The highest BCUT2D eigenvalue weighted by atomic mass is 35.5. The van der Waals surface area contributed by atoms with Gasteiger partial charge < -0.3 is 0 Å². The van der Waals surface area contributed by atoms with Crippen molar-refractivity contribution in [2.75, 3.05) is 4.72 Å². The molecule has 0 bridgehead atoms. The van der Waals surface area contributed by atoms with Crippen molar-refractivity contribution in [2.45, 2.75) is 9.79 Å². The third kappa shape index (κ3) is 3.90. The Bertz CT molecular complexity index is 867.